The van der Waals surface area contributed by atoms with Crippen molar-refractivity contribution in [3.05, 3.63) is 83.8 Å². The largest absolute Gasteiger partial charge is 0.497 e. The maximum absolute atomic E-state index is 13.4. The molecule has 0 aliphatic carbocycles. The lowest BCUT2D eigenvalue weighted by atomic mass is 10.1. The minimum atomic E-state index is -1.02. The third-order valence-corrected chi connectivity index (χ3v) is 5.55. The lowest BCUT2D eigenvalue weighted by molar-refractivity contribution is -0.122. The molecule has 0 spiro atoms. The standard InChI is InChI=1S/C25H22N2O7/c1-32-19-11-7-16(8-12-19)23(29)26(15-20-4-3-13-34-20)21-14-22(28)27(24(21)30)18-9-5-17(6-10-18)25(31)33-2/h3-13,21H,14-15H2,1-2H3. The van der Waals surface area contributed by atoms with E-state index >= 15 is 0 Å². The summed E-state index contributed by atoms with van der Waals surface area (Å²) in [5.74, 6) is -0.880. The van der Waals surface area contributed by atoms with Gasteiger partial charge >= 0.3 is 5.97 Å². The first kappa shape index (κ1) is 22.8. The topological polar surface area (TPSA) is 106 Å². The van der Waals surface area contributed by atoms with E-state index in [1.54, 1.807) is 36.4 Å². The first-order chi connectivity index (χ1) is 16.4. The van der Waals surface area contributed by atoms with E-state index < -0.39 is 29.7 Å². The van der Waals surface area contributed by atoms with Crippen LogP contribution < -0.4 is 9.64 Å². The van der Waals surface area contributed by atoms with Crippen LogP contribution in [0.25, 0.3) is 0 Å². The van der Waals surface area contributed by atoms with Crippen LogP contribution in [-0.2, 0) is 20.9 Å². The van der Waals surface area contributed by atoms with Gasteiger partial charge in [0.1, 0.15) is 17.6 Å². The number of hydrogen-bond donors (Lipinski definition) is 0. The second kappa shape index (κ2) is 9.62. The summed E-state index contributed by atoms with van der Waals surface area (Å²) in [6, 6.07) is 14.8. The predicted octanol–water partition coefficient (Wildman–Crippen LogP) is 3.05. The van der Waals surface area contributed by atoms with Gasteiger partial charge in [-0.3, -0.25) is 14.4 Å². The van der Waals surface area contributed by atoms with E-state index in [0.717, 1.165) is 4.90 Å². The number of amides is 3. The maximum atomic E-state index is 13.4. The van der Waals surface area contributed by atoms with Gasteiger partial charge in [0.2, 0.25) is 5.91 Å². The predicted molar refractivity (Wildman–Crippen MR) is 120 cm³/mol. The minimum Gasteiger partial charge on any atom is -0.497 e. The van der Waals surface area contributed by atoms with Gasteiger partial charge in [-0.15, -0.1) is 0 Å². The van der Waals surface area contributed by atoms with Gasteiger partial charge in [0.05, 0.1) is 44.7 Å². The number of ether oxygens (including phenoxy) is 2. The molecule has 1 fully saturated rings. The van der Waals surface area contributed by atoms with Crippen LogP contribution in [0.5, 0.6) is 5.75 Å². The normalized spacial score (nSPS) is 15.4. The molecule has 9 nitrogen and oxygen atoms in total. The molecule has 1 unspecified atom stereocenters. The SMILES string of the molecule is COC(=O)c1ccc(N2C(=O)CC(N(Cc3ccco3)C(=O)c3ccc(OC)cc3)C2=O)cc1. The Morgan fingerprint density at radius 3 is 2.26 bits per heavy atom. The first-order valence-corrected chi connectivity index (χ1v) is 10.5. The van der Waals surface area contributed by atoms with Crippen LogP contribution in [0.2, 0.25) is 0 Å². The summed E-state index contributed by atoms with van der Waals surface area (Å²) in [6.45, 7) is 0.0106. The molecule has 34 heavy (non-hydrogen) atoms. The first-order valence-electron chi connectivity index (χ1n) is 10.5. The van der Waals surface area contributed by atoms with E-state index in [1.165, 1.54) is 49.6 Å². The van der Waals surface area contributed by atoms with E-state index in [4.69, 9.17) is 9.15 Å². The Kier molecular flexibility index (Phi) is 6.44. The Morgan fingerprint density at radius 1 is 1.00 bits per heavy atom. The highest BCUT2D eigenvalue weighted by Crippen LogP contribution is 2.28. The molecule has 9 heteroatoms. The molecule has 1 aliphatic heterocycles. The van der Waals surface area contributed by atoms with Crippen LogP contribution in [0.4, 0.5) is 5.69 Å². The maximum Gasteiger partial charge on any atom is 0.337 e. The molecule has 2 heterocycles. The molecule has 2 aromatic carbocycles. The minimum absolute atomic E-state index is 0.0106. The summed E-state index contributed by atoms with van der Waals surface area (Å²) in [6.07, 6.45) is 1.29. The monoisotopic (exact) mass is 462 g/mol. The molecule has 1 atom stereocenters. The molecule has 174 valence electrons. The van der Waals surface area contributed by atoms with E-state index in [9.17, 15) is 19.2 Å². The molecule has 3 amide bonds. The van der Waals surface area contributed by atoms with Gasteiger partial charge in [-0.2, -0.15) is 0 Å². The summed E-state index contributed by atoms with van der Waals surface area (Å²) in [5.41, 5.74) is 0.935. The van der Waals surface area contributed by atoms with Crippen LogP contribution in [0.3, 0.4) is 0 Å². The number of furan rings is 1. The summed E-state index contributed by atoms with van der Waals surface area (Å²) in [4.78, 5) is 53.7. The summed E-state index contributed by atoms with van der Waals surface area (Å²) < 4.78 is 15.2. The smallest absolute Gasteiger partial charge is 0.337 e. The number of rotatable bonds is 7. The molecule has 0 bridgehead atoms. The fraction of sp³-hybridized carbons (Fsp3) is 0.200. The fourth-order valence-corrected chi connectivity index (χ4v) is 3.79. The molecule has 1 saturated heterocycles. The highest BCUT2D eigenvalue weighted by molar-refractivity contribution is 6.23. The Morgan fingerprint density at radius 2 is 1.68 bits per heavy atom. The zero-order valence-corrected chi connectivity index (χ0v) is 18.6. The van der Waals surface area contributed by atoms with Crippen LogP contribution in [-0.4, -0.2) is 48.9 Å². The number of methoxy groups -OCH3 is 2. The average molecular weight is 462 g/mol. The second-order valence-electron chi connectivity index (χ2n) is 7.57. The van der Waals surface area contributed by atoms with E-state index in [-0.39, 0.29) is 18.5 Å². The molecule has 1 aliphatic rings. The van der Waals surface area contributed by atoms with Gasteiger partial charge in [0.25, 0.3) is 11.8 Å². The van der Waals surface area contributed by atoms with Crippen molar-refractivity contribution in [1.82, 2.24) is 4.90 Å². The van der Waals surface area contributed by atoms with Gasteiger partial charge in [-0.25, -0.2) is 9.69 Å². The van der Waals surface area contributed by atoms with Crippen molar-refractivity contribution in [1.29, 1.82) is 0 Å². The number of hydrogen-bond acceptors (Lipinski definition) is 7. The van der Waals surface area contributed by atoms with Crippen molar-refractivity contribution in [3.8, 4) is 5.75 Å². The number of esters is 1. The van der Waals surface area contributed by atoms with Gasteiger partial charge in [-0.05, 0) is 60.7 Å². The van der Waals surface area contributed by atoms with Crippen molar-refractivity contribution >= 4 is 29.4 Å². The molecule has 3 aromatic rings. The Bertz CT molecular complexity index is 1200. The van der Waals surface area contributed by atoms with Crippen LogP contribution >= 0.6 is 0 Å². The van der Waals surface area contributed by atoms with Crippen molar-refractivity contribution in [2.45, 2.75) is 19.0 Å². The third kappa shape index (κ3) is 4.40. The Labute approximate surface area is 195 Å². The van der Waals surface area contributed by atoms with Crippen molar-refractivity contribution in [2.75, 3.05) is 19.1 Å². The average Bonchev–Trinajstić information content (AvgIpc) is 3.49. The quantitative estimate of drug-likeness (QED) is 0.392. The van der Waals surface area contributed by atoms with Crippen LogP contribution in [0, 0.1) is 0 Å². The molecule has 0 saturated carbocycles. The fourth-order valence-electron chi connectivity index (χ4n) is 3.79. The molecular formula is C25H22N2O7. The molecular weight excluding hydrogens is 440 g/mol. The molecule has 1 aromatic heterocycles. The lowest BCUT2D eigenvalue weighted by Crippen LogP contribution is -2.45. The van der Waals surface area contributed by atoms with Crippen molar-refractivity contribution in [3.63, 3.8) is 0 Å². The van der Waals surface area contributed by atoms with Crippen LogP contribution in [0.1, 0.15) is 32.9 Å². The van der Waals surface area contributed by atoms with Crippen LogP contribution in [0.15, 0.2) is 71.3 Å². The number of nitrogens with zero attached hydrogens (tertiary/aromatic N) is 2. The summed E-state index contributed by atoms with van der Waals surface area (Å²) in [5, 5.41) is 0. The summed E-state index contributed by atoms with van der Waals surface area (Å²) >= 11 is 0. The Hall–Kier alpha value is -4.40. The number of benzene rings is 2. The van der Waals surface area contributed by atoms with Crippen molar-refractivity contribution in [2.24, 2.45) is 0 Å². The number of carbonyl (C=O) groups excluding carboxylic acids is 4. The van der Waals surface area contributed by atoms with Crippen molar-refractivity contribution < 1.29 is 33.1 Å². The zero-order valence-electron chi connectivity index (χ0n) is 18.6. The second-order valence-corrected chi connectivity index (χ2v) is 7.57. The van der Waals surface area contributed by atoms with Gasteiger partial charge < -0.3 is 18.8 Å². The third-order valence-electron chi connectivity index (χ3n) is 5.55. The molecule has 4 rings (SSSR count). The van der Waals surface area contributed by atoms with Gasteiger partial charge in [0, 0.05) is 5.56 Å². The number of carbonyl (C=O) groups is 4. The van der Waals surface area contributed by atoms with E-state index in [2.05, 4.69) is 4.74 Å². The van der Waals surface area contributed by atoms with E-state index in [1.807, 2.05) is 0 Å². The highest BCUT2D eigenvalue weighted by Gasteiger charge is 2.44. The van der Waals surface area contributed by atoms with Gasteiger partial charge in [-0.1, -0.05) is 0 Å². The molecule has 0 radical (unpaired) electrons. The zero-order chi connectivity index (χ0) is 24.2. The highest BCUT2D eigenvalue weighted by atomic mass is 16.5. The van der Waals surface area contributed by atoms with Gasteiger partial charge in [0.15, 0.2) is 0 Å². The Balaban J connectivity index is 1.63. The number of imide groups is 1. The van der Waals surface area contributed by atoms with E-state index in [0.29, 0.717) is 22.8 Å². The lowest BCUT2D eigenvalue weighted by Gasteiger charge is -2.27. The molecule has 0 N–H and O–H groups in total. The summed E-state index contributed by atoms with van der Waals surface area (Å²) in [7, 11) is 2.79. The number of anilines is 1.